The topological polar surface area (TPSA) is 51.0 Å². The zero-order valence-corrected chi connectivity index (χ0v) is 26.7. The number of rotatable bonds is 7. The van der Waals surface area contributed by atoms with E-state index in [0.717, 1.165) is 72.6 Å². The molecule has 0 aliphatic rings. The third-order valence-electron chi connectivity index (χ3n) is 8.37. The third-order valence-corrected chi connectivity index (χ3v) is 8.37. The lowest BCUT2D eigenvalue weighted by Crippen LogP contribution is -1.99. The highest BCUT2D eigenvalue weighted by atomic mass is 14.9. The van der Waals surface area contributed by atoms with Crippen LogP contribution in [-0.2, 0) is 0 Å². The van der Waals surface area contributed by atoms with E-state index in [2.05, 4.69) is 109 Å². The molecule has 0 fully saturated rings. The molecule has 226 valence electrons. The maximum Gasteiger partial charge on any atom is 0.160 e. The van der Waals surface area contributed by atoms with E-state index >= 15 is 0 Å². The van der Waals surface area contributed by atoms with Gasteiger partial charge in [-0.15, -0.1) is 0 Å². The van der Waals surface area contributed by atoms with Crippen molar-refractivity contribution in [3.8, 4) is 33.9 Å². The van der Waals surface area contributed by atoms with Gasteiger partial charge in [0.1, 0.15) is 0 Å². The molecule has 0 unspecified atom stereocenters. The largest absolute Gasteiger partial charge is 0.237 e. The Labute approximate surface area is 275 Å². The van der Waals surface area contributed by atoms with Crippen molar-refractivity contribution in [2.45, 2.75) is 20.8 Å². The number of hydrogen-bond acceptors (Lipinski definition) is 4. The first-order chi connectivity index (χ1) is 23.0. The van der Waals surface area contributed by atoms with E-state index in [0.29, 0.717) is 5.82 Å². The first-order valence-corrected chi connectivity index (χ1v) is 15.8. The zero-order valence-electron chi connectivity index (χ0n) is 26.7. The lowest BCUT2D eigenvalue weighted by Gasteiger charge is -2.17. The van der Waals surface area contributed by atoms with E-state index in [1.54, 1.807) is 6.20 Å². The molecular formula is C43H34N4. The van der Waals surface area contributed by atoms with Crippen LogP contribution in [0.3, 0.4) is 0 Å². The lowest BCUT2D eigenvalue weighted by molar-refractivity contribution is 1.18. The average Bonchev–Trinajstić information content (AvgIpc) is 3.12. The minimum Gasteiger partial charge on any atom is -0.237 e. The van der Waals surface area contributed by atoms with E-state index < -0.39 is 0 Å². The molecule has 0 saturated heterocycles. The Morgan fingerprint density at radius 2 is 1.21 bits per heavy atom. The van der Waals surface area contributed by atoms with Crippen molar-refractivity contribution in [2.75, 3.05) is 0 Å². The molecule has 7 aromatic rings. The number of allylic oxidation sites excluding steroid dienone is 1. The number of pyridine rings is 1. The highest BCUT2D eigenvalue weighted by Crippen LogP contribution is 2.38. The summed E-state index contributed by atoms with van der Waals surface area (Å²) in [6, 6.07) is 48.1. The monoisotopic (exact) mass is 606 g/mol. The SMILES string of the molecule is CC(/C=C(\c1ccccc1C)c1ccc(-c2cc(-c3ccccc3)nc(-c3ccccc3)n2)c2ccccc12)=Nc1ncccc1C. The van der Waals surface area contributed by atoms with Crippen LogP contribution in [0.4, 0.5) is 5.82 Å². The summed E-state index contributed by atoms with van der Waals surface area (Å²) in [6.07, 6.45) is 3.97. The molecule has 0 saturated carbocycles. The Kier molecular flexibility index (Phi) is 8.31. The average molecular weight is 607 g/mol. The third kappa shape index (κ3) is 6.27. The van der Waals surface area contributed by atoms with Gasteiger partial charge in [-0.25, -0.2) is 19.9 Å². The predicted octanol–water partition coefficient (Wildman–Crippen LogP) is 10.9. The molecular weight excluding hydrogens is 573 g/mol. The van der Waals surface area contributed by atoms with Gasteiger partial charge in [-0.3, -0.25) is 0 Å². The van der Waals surface area contributed by atoms with Crippen LogP contribution in [0.1, 0.15) is 29.2 Å². The van der Waals surface area contributed by atoms with Crippen molar-refractivity contribution in [2.24, 2.45) is 4.99 Å². The molecule has 4 heteroatoms. The standard InChI is InChI=1S/C43H34N4/c1-29-15-10-11-21-34(29)39(27-31(3)45-42-30(2)16-14-26-44-42)37-24-25-38(36-23-13-12-22-35(36)37)41-28-40(32-17-6-4-7-18-32)46-43(47-41)33-19-8-5-9-20-33/h4-28H,1-3H3/b39-27+,45-31?. The number of hydrogen-bond donors (Lipinski definition) is 0. The molecule has 0 N–H and O–H groups in total. The molecule has 0 radical (unpaired) electrons. The minimum atomic E-state index is 0.701. The second-order valence-electron chi connectivity index (χ2n) is 11.7. The summed E-state index contributed by atoms with van der Waals surface area (Å²) in [7, 11) is 0. The summed E-state index contributed by atoms with van der Waals surface area (Å²) in [6.45, 7) is 6.24. The molecule has 4 nitrogen and oxygen atoms in total. The van der Waals surface area contributed by atoms with Crippen LogP contribution >= 0.6 is 0 Å². The maximum absolute atomic E-state index is 5.15. The molecule has 0 bridgehead atoms. The summed E-state index contributed by atoms with van der Waals surface area (Å²) in [5.41, 5.74) is 11.4. The zero-order chi connectivity index (χ0) is 32.2. The maximum atomic E-state index is 5.15. The van der Waals surface area contributed by atoms with E-state index in [1.165, 1.54) is 5.56 Å². The van der Waals surface area contributed by atoms with Crippen LogP contribution in [0.15, 0.2) is 157 Å². The van der Waals surface area contributed by atoms with Crippen LogP contribution in [0.25, 0.3) is 50.2 Å². The first-order valence-electron chi connectivity index (χ1n) is 15.8. The summed E-state index contributed by atoms with van der Waals surface area (Å²) in [5, 5.41) is 2.26. The molecule has 0 atom stereocenters. The second kappa shape index (κ2) is 13.2. The van der Waals surface area contributed by atoms with Crippen molar-refractivity contribution in [3.05, 3.63) is 174 Å². The molecule has 0 spiro atoms. The van der Waals surface area contributed by atoms with Crippen LogP contribution in [0.5, 0.6) is 0 Å². The Morgan fingerprint density at radius 1 is 0.574 bits per heavy atom. The summed E-state index contributed by atoms with van der Waals surface area (Å²) in [5.74, 6) is 1.44. The van der Waals surface area contributed by atoms with Gasteiger partial charge in [0, 0.05) is 28.6 Å². The molecule has 0 aliphatic carbocycles. The van der Waals surface area contributed by atoms with Crippen molar-refractivity contribution in [1.82, 2.24) is 15.0 Å². The number of aliphatic imine (C=N–C) groups is 1. The number of fused-ring (bicyclic) bond motifs is 1. The molecule has 0 amide bonds. The first kappa shape index (κ1) is 29.7. The van der Waals surface area contributed by atoms with E-state index in [1.807, 2.05) is 62.4 Å². The predicted molar refractivity (Wildman–Crippen MR) is 196 cm³/mol. The Morgan fingerprint density at radius 3 is 1.96 bits per heavy atom. The highest BCUT2D eigenvalue weighted by Gasteiger charge is 2.17. The fourth-order valence-corrected chi connectivity index (χ4v) is 5.99. The van der Waals surface area contributed by atoms with Crippen molar-refractivity contribution < 1.29 is 0 Å². The van der Waals surface area contributed by atoms with Gasteiger partial charge in [0.2, 0.25) is 0 Å². The van der Waals surface area contributed by atoms with Gasteiger partial charge in [-0.1, -0.05) is 127 Å². The Hall–Kier alpha value is -6.00. The summed E-state index contributed by atoms with van der Waals surface area (Å²) in [4.78, 5) is 19.6. The molecule has 7 rings (SSSR count). The van der Waals surface area contributed by atoms with Gasteiger partial charge >= 0.3 is 0 Å². The van der Waals surface area contributed by atoms with E-state index in [4.69, 9.17) is 15.0 Å². The molecule has 2 aromatic heterocycles. The number of nitrogens with zero attached hydrogens (tertiary/aromatic N) is 4. The molecule has 0 aliphatic heterocycles. The van der Waals surface area contributed by atoms with Gasteiger partial charge < -0.3 is 0 Å². The van der Waals surface area contributed by atoms with Crippen LogP contribution in [0, 0.1) is 13.8 Å². The van der Waals surface area contributed by atoms with Gasteiger partial charge in [-0.2, -0.15) is 0 Å². The minimum absolute atomic E-state index is 0.701. The van der Waals surface area contributed by atoms with Crippen molar-refractivity contribution >= 4 is 27.9 Å². The van der Waals surface area contributed by atoms with Gasteiger partial charge in [0.15, 0.2) is 11.6 Å². The van der Waals surface area contributed by atoms with Crippen LogP contribution < -0.4 is 0 Å². The van der Waals surface area contributed by atoms with Crippen molar-refractivity contribution in [3.63, 3.8) is 0 Å². The summed E-state index contributed by atoms with van der Waals surface area (Å²) < 4.78 is 0. The van der Waals surface area contributed by atoms with E-state index in [-0.39, 0.29) is 0 Å². The normalized spacial score (nSPS) is 12.0. The lowest BCUT2D eigenvalue weighted by atomic mass is 9.88. The fraction of sp³-hybridized carbons (Fsp3) is 0.0698. The van der Waals surface area contributed by atoms with Gasteiger partial charge in [0.05, 0.1) is 11.4 Å². The Bertz CT molecular complexity index is 2210. The van der Waals surface area contributed by atoms with Gasteiger partial charge in [-0.05, 0) is 77.6 Å². The van der Waals surface area contributed by atoms with Crippen LogP contribution in [-0.4, -0.2) is 20.7 Å². The second-order valence-corrected chi connectivity index (χ2v) is 11.7. The van der Waals surface area contributed by atoms with Crippen molar-refractivity contribution in [1.29, 1.82) is 0 Å². The number of aromatic nitrogens is 3. The van der Waals surface area contributed by atoms with Crippen LogP contribution in [0.2, 0.25) is 0 Å². The molecule has 5 aromatic carbocycles. The van der Waals surface area contributed by atoms with E-state index in [9.17, 15) is 0 Å². The fourth-order valence-electron chi connectivity index (χ4n) is 5.99. The number of benzene rings is 5. The molecule has 2 heterocycles. The summed E-state index contributed by atoms with van der Waals surface area (Å²) >= 11 is 0. The smallest absolute Gasteiger partial charge is 0.160 e. The highest BCUT2D eigenvalue weighted by molar-refractivity contribution is 6.10. The Balaban J connectivity index is 1.44. The number of aryl methyl sites for hydroxylation is 2. The molecule has 47 heavy (non-hydrogen) atoms. The quantitative estimate of drug-likeness (QED) is 0.170. The van der Waals surface area contributed by atoms with Gasteiger partial charge in [0.25, 0.3) is 0 Å².